The van der Waals surface area contributed by atoms with Crippen molar-refractivity contribution in [3.63, 3.8) is 0 Å². The second-order valence-corrected chi connectivity index (χ2v) is 8.90. The summed E-state index contributed by atoms with van der Waals surface area (Å²) in [5.74, 6) is -0.00569. The van der Waals surface area contributed by atoms with Gasteiger partial charge < -0.3 is 9.15 Å². The molecule has 3 aromatic rings. The Kier molecular flexibility index (Phi) is 7.15. The van der Waals surface area contributed by atoms with Crippen LogP contribution in [0, 0.1) is 6.92 Å². The zero-order valence-corrected chi connectivity index (χ0v) is 18.1. The molecule has 0 amide bonds. The summed E-state index contributed by atoms with van der Waals surface area (Å²) in [5, 5.41) is 0.525. The van der Waals surface area contributed by atoms with Crippen LogP contribution in [0.3, 0.4) is 0 Å². The number of nitrogens with one attached hydrogen (secondary N) is 1. The fourth-order valence-corrected chi connectivity index (χ4v) is 4.36. The number of carbonyl (C=O) groups is 1. The first-order chi connectivity index (χ1) is 14.4. The maximum absolute atomic E-state index is 12.6. The number of furan rings is 1. The van der Waals surface area contributed by atoms with Crippen molar-refractivity contribution in [2.24, 2.45) is 0 Å². The second kappa shape index (κ2) is 9.80. The molecule has 30 heavy (non-hydrogen) atoms. The summed E-state index contributed by atoms with van der Waals surface area (Å²) < 4.78 is 38.8. The number of carbonyl (C=O) groups excluding carboxylic acids is 1. The van der Waals surface area contributed by atoms with Gasteiger partial charge in [-0.2, -0.15) is 0 Å². The van der Waals surface area contributed by atoms with Crippen LogP contribution in [-0.4, -0.2) is 21.0 Å². The minimum absolute atomic E-state index is 0.163. The monoisotopic (exact) mass is 429 g/mol. The van der Waals surface area contributed by atoms with E-state index in [1.54, 1.807) is 43.3 Å². The van der Waals surface area contributed by atoms with Gasteiger partial charge in [0.1, 0.15) is 16.9 Å². The Balaban J connectivity index is 1.76. The molecule has 7 heteroatoms. The number of hydrogen-bond acceptors (Lipinski definition) is 5. The third-order valence-electron chi connectivity index (χ3n) is 4.85. The van der Waals surface area contributed by atoms with Crippen LogP contribution in [-0.2, 0) is 14.8 Å². The van der Waals surface area contributed by atoms with Crippen molar-refractivity contribution in [2.75, 3.05) is 11.3 Å². The number of fused-ring (bicyclic) bond motifs is 1. The zero-order valence-electron chi connectivity index (χ0n) is 17.3. The highest BCUT2D eigenvalue weighted by molar-refractivity contribution is 7.92. The predicted octanol–water partition coefficient (Wildman–Crippen LogP) is 5.67. The van der Waals surface area contributed by atoms with E-state index in [4.69, 9.17) is 9.15 Å². The van der Waals surface area contributed by atoms with E-state index in [1.807, 2.05) is 0 Å². The van der Waals surface area contributed by atoms with Crippen LogP contribution >= 0.6 is 0 Å². The molecular weight excluding hydrogens is 402 g/mol. The number of anilines is 1. The molecule has 0 saturated carbocycles. The number of unbranched alkanes of at least 4 members (excludes halogenated alkanes) is 4. The molecule has 6 nitrogen and oxygen atoms in total. The predicted molar refractivity (Wildman–Crippen MR) is 117 cm³/mol. The van der Waals surface area contributed by atoms with Crippen LogP contribution in [0.25, 0.3) is 11.0 Å². The average Bonchev–Trinajstić information content (AvgIpc) is 3.06. The van der Waals surface area contributed by atoms with Gasteiger partial charge in [-0.15, -0.1) is 0 Å². The molecule has 2 aromatic carbocycles. The van der Waals surface area contributed by atoms with Gasteiger partial charge in [-0.1, -0.05) is 50.8 Å². The summed E-state index contributed by atoms with van der Waals surface area (Å²) in [6.07, 6.45) is 5.32. The highest BCUT2D eigenvalue weighted by atomic mass is 32.2. The molecular formula is C23H27NO5S. The Morgan fingerprint density at radius 3 is 2.50 bits per heavy atom. The molecule has 1 aromatic heterocycles. The molecule has 0 spiro atoms. The van der Waals surface area contributed by atoms with Crippen molar-refractivity contribution in [1.82, 2.24) is 0 Å². The number of hydrogen-bond donors (Lipinski definition) is 1. The summed E-state index contributed by atoms with van der Waals surface area (Å²) >= 11 is 0. The van der Waals surface area contributed by atoms with Crippen molar-refractivity contribution in [3.8, 4) is 0 Å². The highest BCUT2D eigenvalue weighted by Gasteiger charge is 2.21. The lowest BCUT2D eigenvalue weighted by atomic mass is 10.1. The maximum atomic E-state index is 12.6. The number of aryl methyl sites for hydroxylation is 1. The number of benzene rings is 2. The summed E-state index contributed by atoms with van der Waals surface area (Å²) in [7, 11) is -3.73. The fraction of sp³-hybridized carbons (Fsp3) is 0.348. The molecule has 0 saturated heterocycles. The van der Waals surface area contributed by atoms with E-state index in [2.05, 4.69) is 11.6 Å². The Morgan fingerprint density at radius 2 is 1.77 bits per heavy atom. The maximum Gasteiger partial charge on any atom is 0.342 e. The van der Waals surface area contributed by atoms with Crippen LogP contribution in [0.2, 0.25) is 0 Å². The van der Waals surface area contributed by atoms with Crippen molar-refractivity contribution in [1.29, 1.82) is 0 Å². The molecule has 1 heterocycles. The van der Waals surface area contributed by atoms with Crippen LogP contribution in [0.4, 0.5) is 5.69 Å². The van der Waals surface area contributed by atoms with E-state index >= 15 is 0 Å². The summed E-state index contributed by atoms with van der Waals surface area (Å²) in [6.45, 7) is 4.21. The summed E-state index contributed by atoms with van der Waals surface area (Å²) in [6, 6.07) is 13.0. The third kappa shape index (κ3) is 5.21. The lowest BCUT2D eigenvalue weighted by molar-refractivity contribution is 0.0497. The molecule has 0 unspecified atom stereocenters. The van der Waals surface area contributed by atoms with Gasteiger partial charge in [0.05, 0.1) is 11.5 Å². The molecule has 0 aliphatic heterocycles. The van der Waals surface area contributed by atoms with Gasteiger partial charge in [-0.3, -0.25) is 4.72 Å². The van der Waals surface area contributed by atoms with E-state index in [9.17, 15) is 13.2 Å². The van der Waals surface area contributed by atoms with Gasteiger partial charge in [0.15, 0.2) is 0 Å². The average molecular weight is 430 g/mol. The van der Waals surface area contributed by atoms with Crippen LogP contribution in [0.5, 0.6) is 0 Å². The van der Waals surface area contributed by atoms with Crippen molar-refractivity contribution in [3.05, 3.63) is 59.9 Å². The fourth-order valence-electron chi connectivity index (χ4n) is 3.29. The van der Waals surface area contributed by atoms with E-state index < -0.39 is 16.0 Å². The lowest BCUT2D eigenvalue weighted by Gasteiger charge is -2.08. The topological polar surface area (TPSA) is 85.6 Å². The minimum Gasteiger partial charge on any atom is -0.462 e. The molecule has 0 fully saturated rings. The number of esters is 1. The van der Waals surface area contributed by atoms with Crippen LogP contribution in [0.15, 0.2) is 57.8 Å². The second-order valence-electron chi connectivity index (χ2n) is 7.21. The SMILES string of the molecule is CCCCCCCOC(=O)c1c(C)oc2ccc(NS(=O)(=O)c3ccccc3)cc12. The molecule has 0 bridgehead atoms. The molecule has 0 aliphatic carbocycles. The largest absolute Gasteiger partial charge is 0.462 e. The number of ether oxygens (including phenoxy) is 1. The van der Waals surface area contributed by atoms with E-state index in [-0.39, 0.29) is 4.90 Å². The molecule has 160 valence electrons. The van der Waals surface area contributed by atoms with Gasteiger partial charge in [0.25, 0.3) is 10.0 Å². The highest BCUT2D eigenvalue weighted by Crippen LogP contribution is 2.29. The lowest BCUT2D eigenvalue weighted by Crippen LogP contribution is -2.12. The first-order valence-corrected chi connectivity index (χ1v) is 11.7. The Hall–Kier alpha value is -2.80. The summed E-state index contributed by atoms with van der Waals surface area (Å²) in [5.41, 5.74) is 1.19. The van der Waals surface area contributed by atoms with Gasteiger partial charge in [0.2, 0.25) is 0 Å². The van der Waals surface area contributed by atoms with Gasteiger partial charge in [-0.25, -0.2) is 13.2 Å². The van der Waals surface area contributed by atoms with Crippen molar-refractivity contribution >= 4 is 32.6 Å². The molecule has 0 radical (unpaired) electrons. The molecule has 1 N–H and O–H groups in total. The Bertz CT molecular complexity index is 1100. The molecule has 0 atom stereocenters. The molecule has 0 aliphatic rings. The van der Waals surface area contributed by atoms with Crippen molar-refractivity contribution in [2.45, 2.75) is 50.8 Å². The quantitative estimate of drug-likeness (QED) is 0.331. The molecule has 3 rings (SSSR count). The Labute approximate surface area is 177 Å². The van der Waals surface area contributed by atoms with Crippen LogP contribution in [0.1, 0.15) is 55.1 Å². The summed E-state index contributed by atoms with van der Waals surface area (Å²) in [4.78, 5) is 12.8. The first-order valence-electron chi connectivity index (χ1n) is 10.2. The first kappa shape index (κ1) is 21.9. The number of rotatable bonds is 10. The standard InChI is InChI=1S/C23H27NO5S/c1-3-4-5-6-10-15-28-23(25)22-17(2)29-21-14-13-18(16-20(21)22)24-30(26,27)19-11-8-7-9-12-19/h7-9,11-14,16,24H,3-6,10,15H2,1-2H3. The van der Waals surface area contributed by atoms with Crippen molar-refractivity contribution < 1.29 is 22.4 Å². The normalized spacial score (nSPS) is 11.5. The van der Waals surface area contributed by atoms with Gasteiger partial charge in [-0.05, 0) is 43.7 Å². The van der Waals surface area contributed by atoms with E-state index in [0.29, 0.717) is 34.6 Å². The van der Waals surface area contributed by atoms with E-state index in [0.717, 1.165) is 25.7 Å². The minimum atomic E-state index is -3.73. The Morgan fingerprint density at radius 1 is 1.03 bits per heavy atom. The van der Waals surface area contributed by atoms with E-state index in [1.165, 1.54) is 18.6 Å². The third-order valence-corrected chi connectivity index (χ3v) is 6.25. The zero-order chi connectivity index (χ0) is 21.6. The number of sulfonamides is 1. The van der Waals surface area contributed by atoms with Crippen LogP contribution < -0.4 is 4.72 Å². The van der Waals surface area contributed by atoms with Gasteiger partial charge in [0, 0.05) is 11.1 Å². The smallest absolute Gasteiger partial charge is 0.342 e. The van der Waals surface area contributed by atoms with Gasteiger partial charge >= 0.3 is 5.97 Å².